The summed E-state index contributed by atoms with van der Waals surface area (Å²) < 4.78 is 229. The van der Waals surface area contributed by atoms with Gasteiger partial charge in [-0.15, -0.1) is 0 Å². The third-order valence-corrected chi connectivity index (χ3v) is 52.1. The maximum Gasteiger partial charge on any atom is 3.00 e. The number of hydrogen-bond donors (Lipinski definition) is 24. The van der Waals surface area contributed by atoms with E-state index in [4.69, 9.17) is 0 Å². The quantitative estimate of drug-likeness (QED) is 0.141. The zero-order valence-electron chi connectivity index (χ0n) is 83.3. The number of hydrogen-bond acceptors (Lipinski definition) is 42. The molecule has 50 heteroatoms. The van der Waals surface area contributed by atoms with E-state index in [0.29, 0.717) is 126 Å². The van der Waals surface area contributed by atoms with Crippen LogP contribution in [0.5, 0.6) is 0 Å². The van der Waals surface area contributed by atoms with Crippen LogP contribution in [0.4, 0.5) is 0 Å². The van der Waals surface area contributed by atoms with Crippen molar-refractivity contribution in [1.82, 2.24) is 128 Å². The Morgan fingerprint density at radius 2 is 0.219 bits per heavy atom. The Morgan fingerprint density at radius 3 is 0.315 bits per heavy atom. The molecule has 0 aromatic heterocycles. The minimum absolute atomic E-state index is 0. The van der Waals surface area contributed by atoms with Gasteiger partial charge in [0, 0.05) is 17.8 Å². The van der Waals surface area contributed by atoms with Crippen molar-refractivity contribution >= 4 is 60.7 Å². The minimum Gasteiger partial charge on any atom is -0.748 e. The second kappa shape index (κ2) is 43.0. The topological polar surface area (TPSA) is 632 Å². The van der Waals surface area contributed by atoms with Crippen molar-refractivity contribution in [3.05, 3.63) is 0 Å². The minimum atomic E-state index is -5.12. The summed E-state index contributed by atoms with van der Waals surface area (Å²) in [6.45, 7) is 0. The van der Waals surface area contributed by atoms with Gasteiger partial charge in [0.2, 0.25) is 0 Å². The molecule has 12 aliphatic carbocycles. The predicted molar refractivity (Wildman–Crippen MR) is 525 cm³/mol. The van der Waals surface area contributed by atoms with Crippen LogP contribution in [-0.2, 0) is 101 Å². The summed E-state index contributed by atoms with van der Waals surface area (Å²) in [5.74, 6) is 4.25. The first-order valence-electron chi connectivity index (χ1n) is 57.1. The average molecular weight is 2520 g/mol. The van der Waals surface area contributed by atoms with Gasteiger partial charge in [-0.1, -0.05) is 116 Å². The largest absolute Gasteiger partial charge is 3.00 e. The zero-order valence-corrected chi connectivity index (χ0v) is 93.0. The van der Waals surface area contributed by atoms with Gasteiger partial charge in [0.1, 0.15) is 0 Å². The molecule has 828 valence electrons. The number of fused-ring (bicyclic) bond motifs is 60. The number of rotatable bonds is 6. The zero-order chi connectivity index (χ0) is 98.8. The summed E-state index contributed by atoms with van der Waals surface area (Å²) in [5, 5.41) is 83.1. The Balaban J connectivity index is 0.000000120. The van der Waals surface area contributed by atoms with Gasteiger partial charge in [-0.05, 0) is 278 Å². The van der Waals surface area contributed by atoms with Crippen LogP contribution in [0.25, 0.3) is 0 Å². The fourth-order valence-corrected chi connectivity index (χ4v) is 47.0. The van der Waals surface area contributed by atoms with E-state index in [-0.39, 0.29) is 207 Å². The van der Waals surface area contributed by atoms with E-state index >= 15 is 0 Å². The molecule has 15 saturated heterocycles. The van der Waals surface area contributed by atoms with E-state index in [0.717, 1.165) is 135 Å². The molecule has 54 unspecified atom stereocenters. The first kappa shape index (κ1) is 109. The molecule has 42 nitrogen and oxygen atoms in total. The fraction of sp³-hybridized carbons (Fsp3) is 1.00. The predicted octanol–water partition coefficient (Wildman–Crippen LogP) is -1.05. The van der Waals surface area contributed by atoms with Crippen molar-refractivity contribution in [2.45, 2.75) is 449 Å². The van der Waals surface area contributed by atoms with Gasteiger partial charge < -0.3 is 27.3 Å². The van der Waals surface area contributed by atoms with Crippen molar-refractivity contribution in [1.29, 1.82) is 0 Å². The standard InChI is InChI=1S/3C32H56N8O6S2.2Ir/c3*41-47(42,43)22-14-13-21-23(24(22)48(44,45)46)32-39-30-20-12-6-5-11-19(20)28(37-30)35-26-16-8-2-1-7-15(16)25(33-26)34-27-17-9-3-4-10-18(17)29(36-27)38-31(21)40-32;;/h3*15-40H,1-14H2,(H,41,42,43)(H,44,45,46);;/q;;;2*+3/p-6. The Labute approximate surface area is 890 Å². The first-order valence-corrected chi connectivity index (χ1v) is 65.9. The normalized spacial score (nSPS) is 53.1. The van der Waals surface area contributed by atoms with Gasteiger partial charge in [-0.25, -0.2) is 50.5 Å². The molecule has 12 saturated carbocycles. The molecule has 0 aromatic rings. The third-order valence-electron chi connectivity index (χ3n) is 43.8. The summed E-state index contributed by atoms with van der Waals surface area (Å²) in [7, 11) is -30.4. The van der Waals surface area contributed by atoms with Crippen LogP contribution in [0.15, 0.2) is 0 Å². The second-order valence-electron chi connectivity index (χ2n) is 50.4. The van der Waals surface area contributed by atoms with E-state index < -0.39 is 128 Å². The average Bonchev–Trinajstić information content (AvgIpc) is 1.58. The van der Waals surface area contributed by atoms with E-state index in [9.17, 15) is 77.8 Å². The molecule has 27 aliphatic rings. The Kier molecular flexibility index (Phi) is 32.0. The van der Waals surface area contributed by atoms with E-state index in [1.54, 1.807) is 0 Å². The van der Waals surface area contributed by atoms with Gasteiger partial charge in [-0.2, -0.15) is 0 Å². The van der Waals surface area contributed by atoms with Gasteiger partial charge in [0.15, 0.2) is 0 Å². The van der Waals surface area contributed by atoms with Crippen LogP contribution >= 0.6 is 0 Å². The van der Waals surface area contributed by atoms with Gasteiger partial charge >= 0.3 is 40.2 Å². The summed E-state index contributed by atoms with van der Waals surface area (Å²) in [4.78, 5) is 0. The second-order valence-corrected chi connectivity index (χ2v) is 59.8. The van der Waals surface area contributed by atoms with Gasteiger partial charge in [0.25, 0.3) is 0 Å². The van der Waals surface area contributed by atoms with Gasteiger partial charge in [0.05, 0.1) is 240 Å². The molecule has 0 amide bonds. The maximum atomic E-state index is 13.0. The van der Waals surface area contributed by atoms with Crippen molar-refractivity contribution in [3.8, 4) is 0 Å². The molecule has 15 aliphatic heterocycles. The molecule has 24 N–H and O–H groups in total. The van der Waals surface area contributed by atoms with Crippen molar-refractivity contribution in [3.63, 3.8) is 0 Å². The molecular weight excluding hydrogens is 2350 g/mol. The molecule has 0 radical (unpaired) electrons. The molecule has 27 fully saturated rings. The summed E-state index contributed by atoms with van der Waals surface area (Å²) >= 11 is 0. The van der Waals surface area contributed by atoms with E-state index in [1.165, 1.54) is 96.3 Å². The fourth-order valence-electron chi connectivity index (χ4n) is 38.0. The smallest absolute Gasteiger partial charge is 0.748 e. The van der Waals surface area contributed by atoms with Crippen LogP contribution in [0.3, 0.4) is 0 Å². The molecule has 146 heavy (non-hydrogen) atoms. The van der Waals surface area contributed by atoms with Crippen molar-refractivity contribution in [2.24, 2.45) is 142 Å². The van der Waals surface area contributed by atoms with Crippen LogP contribution in [0.1, 0.15) is 270 Å². The third kappa shape index (κ3) is 20.5. The Morgan fingerprint density at radius 1 is 0.123 bits per heavy atom. The van der Waals surface area contributed by atoms with Crippen LogP contribution in [0.2, 0.25) is 0 Å². The Hall–Kier alpha value is -0.201. The number of nitrogens with one attached hydrogen (secondary N) is 24. The van der Waals surface area contributed by atoms with E-state index in [2.05, 4.69) is 128 Å². The maximum absolute atomic E-state index is 13.0. The summed E-state index contributed by atoms with van der Waals surface area (Å²) in [6, 6.07) is 0. The molecule has 27 rings (SSSR count). The summed E-state index contributed by atoms with van der Waals surface area (Å²) in [6.07, 6.45) is 40.6. The summed E-state index contributed by atoms with van der Waals surface area (Å²) in [5.41, 5.74) is 0. The van der Waals surface area contributed by atoms with E-state index in [1.807, 2.05) is 0 Å². The molecule has 0 spiro atoms. The van der Waals surface area contributed by atoms with Crippen molar-refractivity contribution in [2.75, 3.05) is 0 Å². The van der Waals surface area contributed by atoms with Crippen LogP contribution in [-0.4, -0.2) is 257 Å². The van der Waals surface area contributed by atoms with Gasteiger partial charge in [-0.3, -0.25) is 128 Å². The Bertz CT molecular complexity index is 4840. The first-order chi connectivity index (χ1) is 69.1. The van der Waals surface area contributed by atoms with Crippen LogP contribution < -0.4 is 128 Å². The van der Waals surface area contributed by atoms with Crippen LogP contribution in [0, 0.1) is 142 Å². The SMILES string of the molecule is O=S(=O)([O-])C1CCC2C3NC4NC(NC5NC(NC6NC(NC(N3)C2C1S(=O)(=O)[O-])C1CCCCC61)C1CCCCC51)C1CCCCC41.O=S(=O)([O-])C1CCC2C3NC4NC(NC5NC(NC6NC(NC(N3)C2C1S(=O)(=O)[O-])C1CCCCC61)C1CCCCC51)C1CCCCC41.O=S(=O)([O-])C1CCC2C3NC4NC(NC5NC(NC6NC(NC(N3)C2C1S(=O)(=O)[O-])C1CCCCC61)C1CCCCC51)C1CCCCC41.[Ir+3].[Ir+3]. The monoisotopic (exact) mass is 2520 g/mol. The molecule has 24 bridgehead atoms. The molecule has 54 atom stereocenters. The molecule has 15 heterocycles. The molecule has 0 aromatic carbocycles. The molecular formula is C96H162Ir2N24O18S6. The van der Waals surface area contributed by atoms with Crippen molar-refractivity contribution < 1.29 is 118 Å².